The third-order valence-corrected chi connectivity index (χ3v) is 6.85. The minimum Gasteiger partial charge on any atom is -0.493 e. The fourth-order valence-corrected chi connectivity index (χ4v) is 4.60. The summed E-state index contributed by atoms with van der Waals surface area (Å²) in [6.45, 7) is 4.71. The van der Waals surface area contributed by atoms with Crippen LogP contribution in [0.1, 0.15) is 17.3 Å². The van der Waals surface area contributed by atoms with E-state index < -0.39 is 10.0 Å². The van der Waals surface area contributed by atoms with Gasteiger partial charge in [0.25, 0.3) is 5.91 Å². The van der Waals surface area contributed by atoms with E-state index in [1.54, 1.807) is 30.3 Å². The average molecular weight is 434 g/mol. The molecule has 2 aromatic rings. The summed E-state index contributed by atoms with van der Waals surface area (Å²) in [5, 5.41) is 2.77. The van der Waals surface area contributed by atoms with Gasteiger partial charge in [0.2, 0.25) is 10.0 Å². The fraction of sp³-hybridized carbons (Fsp3) is 0.381. The van der Waals surface area contributed by atoms with E-state index in [0.717, 1.165) is 0 Å². The van der Waals surface area contributed by atoms with Crippen molar-refractivity contribution < 1.29 is 22.7 Å². The van der Waals surface area contributed by atoms with Crippen molar-refractivity contribution >= 4 is 21.6 Å². The molecule has 162 valence electrons. The topological polar surface area (TPSA) is 88.2 Å². The lowest BCUT2D eigenvalue weighted by Gasteiger charge is -2.31. The minimum atomic E-state index is -3.54. The standard InChI is InChI=1S/C21H27N3O5S/c1-4-29-19-10-5-16(15-20(19)28-3)21(25)22-17-6-8-18(9-7-17)30(26,27)24-13-11-23(2)12-14-24/h5-10,15H,4,11-14H2,1-3H3,(H,22,25). The summed E-state index contributed by atoms with van der Waals surface area (Å²) in [6, 6.07) is 11.1. The zero-order chi connectivity index (χ0) is 21.7. The average Bonchev–Trinajstić information content (AvgIpc) is 2.75. The van der Waals surface area contributed by atoms with E-state index >= 15 is 0 Å². The van der Waals surface area contributed by atoms with Crippen LogP contribution in [0, 0.1) is 0 Å². The van der Waals surface area contributed by atoms with Crippen LogP contribution in [0.4, 0.5) is 5.69 Å². The van der Waals surface area contributed by atoms with Crippen LogP contribution in [0.2, 0.25) is 0 Å². The molecule has 2 aromatic carbocycles. The summed E-state index contributed by atoms with van der Waals surface area (Å²) in [6.07, 6.45) is 0. The van der Waals surface area contributed by atoms with Gasteiger partial charge in [-0.25, -0.2) is 8.42 Å². The molecule has 1 heterocycles. The van der Waals surface area contributed by atoms with Crippen molar-refractivity contribution in [2.45, 2.75) is 11.8 Å². The van der Waals surface area contributed by atoms with Crippen molar-refractivity contribution in [3.63, 3.8) is 0 Å². The van der Waals surface area contributed by atoms with Crippen LogP contribution in [0.25, 0.3) is 0 Å². The van der Waals surface area contributed by atoms with Crippen LogP contribution < -0.4 is 14.8 Å². The van der Waals surface area contributed by atoms with Crippen molar-refractivity contribution in [3.8, 4) is 11.5 Å². The predicted molar refractivity (Wildman–Crippen MR) is 115 cm³/mol. The lowest BCUT2D eigenvalue weighted by atomic mass is 10.2. The van der Waals surface area contributed by atoms with Gasteiger partial charge in [0.05, 0.1) is 18.6 Å². The molecule has 0 spiro atoms. The molecular weight excluding hydrogens is 406 g/mol. The Morgan fingerprint density at radius 1 is 1.03 bits per heavy atom. The third-order valence-electron chi connectivity index (χ3n) is 4.94. The van der Waals surface area contributed by atoms with E-state index in [-0.39, 0.29) is 10.8 Å². The number of ether oxygens (including phenoxy) is 2. The molecule has 0 unspecified atom stereocenters. The molecule has 1 fully saturated rings. The number of hydrogen-bond acceptors (Lipinski definition) is 6. The molecule has 1 saturated heterocycles. The molecule has 1 aliphatic rings. The summed E-state index contributed by atoms with van der Waals surface area (Å²) < 4.78 is 37.8. The number of methoxy groups -OCH3 is 1. The van der Waals surface area contributed by atoms with Gasteiger partial charge in [-0.1, -0.05) is 0 Å². The maximum Gasteiger partial charge on any atom is 0.255 e. The van der Waals surface area contributed by atoms with Gasteiger partial charge in [-0.05, 0) is 56.4 Å². The molecule has 9 heteroatoms. The number of nitrogens with one attached hydrogen (secondary N) is 1. The fourth-order valence-electron chi connectivity index (χ4n) is 3.17. The number of nitrogens with zero attached hydrogens (tertiary/aromatic N) is 2. The van der Waals surface area contributed by atoms with Crippen molar-refractivity contribution in [2.75, 3.05) is 52.3 Å². The number of anilines is 1. The van der Waals surface area contributed by atoms with E-state index in [2.05, 4.69) is 10.2 Å². The van der Waals surface area contributed by atoms with Gasteiger partial charge in [0.15, 0.2) is 11.5 Å². The summed E-state index contributed by atoms with van der Waals surface area (Å²) in [7, 11) is -0.0520. The summed E-state index contributed by atoms with van der Waals surface area (Å²) in [4.78, 5) is 14.9. The van der Waals surface area contributed by atoms with Crippen LogP contribution in [0.5, 0.6) is 11.5 Å². The van der Waals surface area contributed by atoms with Crippen LogP contribution in [0.3, 0.4) is 0 Å². The second-order valence-electron chi connectivity index (χ2n) is 6.98. The van der Waals surface area contributed by atoms with Crippen molar-refractivity contribution in [3.05, 3.63) is 48.0 Å². The maximum absolute atomic E-state index is 12.8. The van der Waals surface area contributed by atoms with Crippen molar-refractivity contribution in [1.82, 2.24) is 9.21 Å². The van der Waals surface area contributed by atoms with Crippen molar-refractivity contribution in [2.24, 2.45) is 0 Å². The normalized spacial score (nSPS) is 15.6. The Balaban J connectivity index is 1.70. The van der Waals surface area contributed by atoms with Crippen LogP contribution in [-0.4, -0.2) is 70.5 Å². The molecule has 0 radical (unpaired) electrons. The number of piperazine rings is 1. The summed E-state index contributed by atoms with van der Waals surface area (Å²) in [5.74, 6) is 0.708. The van der Waals surface area contributed by atoms with Gasteiger partial charge >= 0.3 is 0 Å². The number of carbonyl (C=O) groups excluding carboxylic acids is 1. The molecule has 0 aromatic heterocycles. The number of hydrogen-bond donors (Lipinski definition) is 1. The highest BCUT2D eigenvalue weighted by molar-refractivity contribution is 7.89. The first-order valence-electron chi connectivity index (χ1n) is 9.76. The SMILES string of the molecule is CCOc1ccc(C(=O)Nc2ccc(S(=O)(=O)N3CCN(C)CC3)cc2)cc1OC. The quantitative estimate of drug-likeness (QED) is 0.721. The molecule has 0 saturated carbocycles. The van der Waals surface area contributed by atoms with Crippen LogP contribution in [0.15, 0.2) is 47.4 Å². The first kappa shape index (κ1) is 22.1. The molecule has 3 rings (SSSR count). The molecule has 1 amide bonds. The highest BCUT2D eigenvalue weighted by atomic mass is 32.2. The summed E-state index contributed by atoms with van der Waals surface area (Å²) >= 11 is 0. The van der Waals surface area contributed by atoms with Gasteiger partial charge in [-0.3, -0.25) is 4.79 Å². The van der Waals surface area contributed by atoms with Crippen LogP contribution >= 0.6 is 0 Å². The highest BCUT2D eigenvalue weighted by Crippen LogP contribution is 2.28. The third kappa shape index (κ3) is 4.92. The number of rotatable bonds is 7. The Morgan fingerprint density at radius 3 is 2.30 bits per heavy atom. The minimum absolute atomic E-state index is 0.216. The molecule has 8 nitrogen and oxygen atoms in total. The smallest absolute Gasteiger partial charge is 0.255 e. The van der Waals surface area contributed by atoms with Gasteiger partial charge < -0.3 is 19.7 Å². The Morgan fingerprint density at radius 2 is 1.70 bits per heavy atom. The monoisotopic (exact) mass is 433 g/mol. The molecule has 1 aliphatic heterocycles. The highest BCUT2D eigenvalue weighted by Gasteiger charge is 2.27. The zero-order valence-corrected chi connectivity index (χ0v) is 18.2. The Kier molecular flexibility index (Phi) is 6.96. The second-order valence-corrected chi connectivity index (χ2v) is 8.92. The van der Waals surface area contributed by atoms with Gasteiger partial charge in [-0.2, -0.15) is 4.31 Å². The van der Waals surface area contributed by atoms with E-state index in [1.807, 2.05) is 14.0 Å². The number of carbonyl (C=O) groups is 1. The lowest BCUT2D eigenvalue weighted by Crippen LogP contribution is -2.46. The molecule has 0 bridgehead atoms. The van der Waals surface area contributed by atoms with E-state index in [1.165, 1.54) is 23.5 Å². The van der Waals surface area contributed by atoms with Gasteiger partial charge in [-0.15, -0.1) is 0 Å². The molecule has 0 atom stereocenters. The molecule has 30 heavy (non-hydrogen) atoms. The Hall–Kier alpha value is -2.62. The number of sulfonamides is 1. The van der Waals surface area contributed by atoms with Gasteiger partial charge in [0.1, 0.15) is 0 Å². The largest absolute Gasteiger partial charge is 0.493 e. The first-order valence-corrected chi connectivity index (χ1v) is 11.2. The first-order chi connectivity index (χ1) is 14.3. The van der Waals surface area contributed by atoms with E-state index in [4.69, 9.17) is 9.47 Å². The second kappa shape index (κ2) is 9.46. The molecule has 1 N–H and O–H groups in total. The zero-order valence-electron chi connectivity index (χ0n) is 17.4. The van der Waals surface area contributed by atoms with E-state index in [0.29, 0.717) is 55.5 Å². The van der Waals surface area contributed by atoms with Gasteiger partial charge in [0, 0.05) is 37.4 Å². The molecule has 0 aliphatic carbocycles. The Labute approximate surface area is 177 Å². The maximum atomic E-state index is 12.8. The molecular formula is C21H27N3O5S. The number of likely N-dealkylation sites (N-methyl/N-ethyl adjacent to an activating group) is 1. The number of amides is 1. The lowest BCUT2D eigenvalue weighted by molar-refractivity contribution is 0.102. The van der Waals surface area contributed by atoms with Crippen molar-refractivity contribution in [1.29, 1.82) is 0 Å². The predicted octanol–water partition coefficient (Wildman–Crippen LogP) is 2.28. The van der Waals surface area contributed by atoms with E-state index in [9.17, 15) is 13.2 Å². The Bertz CT molecular complexity index is 984. The summed E-state index contributed by atoms with van der Waals surface area (Å²) in [5.41, 5.74) is 0.912. The number of benzene rings is 2. The van der Waals surface area contributed by atoms with Crippen LogP contribution in [-0.2, 0) is 10.0 Å².